The Morgan fingerprint density at radius 1 is 1.12 bits per heavy atom. The lowest BCUT2D eigenvalue weighted by atomic mass is 10.2. The zero-order valence-corrected chi connectivity index (χ0v) is 15.1. The Morgan fingerprint density at radius 3 is 2.75 bits per heavy atom. The topological polar surface area (TPSA) is 63.2 Å². The molecule has 0 radical (unpaired) electrons. The SMILES string of the molecule is O=C(Nc1ccncc1Br)OCCCCCNCc1ccccc1. The van der Waals surface area contributed by atoms with E-state index < -0.39 is 6.09 Å². The van der Waals surface area contributed by atoms with E-state index in [9.17, 15) is 4.79 Å². The van der Waals surface area contributed by atoms with Gasteiger partial charge in [-0.2, -0.15) is 0 Å². The number of benzene rings is 1. The number of hydrogen-bond acceptors (Lipinski definition) is 4. The first-order valence-electron chi connectivity index (χ1n) is 8.03. The fourth-order valence-corrected chi connectivity index (χ4v) is 2.49. The average molecular weight is 392 g/mol. The predicted molar refractivity (Wildman–Crippen MR) is 98.9 cm³/mol. The van der Waals surface area contributed by atoms with Crippen LogP contribution in [0.5, 0.6) is 0 Å². The van der Waals surface area contributed by atoms with E-state index in [1.807, 2.05) is 18.2 Å². The summed E-state index contributed by atoms with van der Waals surface area (Å²) in [7, 11) is 0. The number of halogens is 1. The molecule has 1 aromatic heterocycles. The fourth-order valence-electron chi connectivity index (χ4n) is 2.14. The summed E-state index contributed by atoms with van der Waals surface area (Å²) in [5.41, 5.74) is 1.94. The van der Waals surface area contributed by atoms with Gasteiger partial charge in [0.15, 0.2) is 0 Å². The summed E-state index contributed by atoms with van der Waals surface area (Å²) in [6.45, 7) is 2.28. The Labute approximate surface area is 151 Å². The van der Waals surface area contributed by atoms with Crippen molar-refractivity contribution < 1.29 is 9.53 Å². The molecule has 0 aliphatic carbocycles. The van der Waals surface area contributed by atoms with E-state index in [0.29, 0.717) is 12.3 Å². The molecule has 0 spiro atoms. The zero-order valence-electron chi connectivity index (χ0n) is 13.5. The lowest BCUT2D eigenvalue weighted by Gasteiger charge is -2.08. The zero-order chi connectivity index (χ0) is 17.0. The van der Waals surface area contributed by atoms with Crippen LogP contribution in [0.1, 0.15) is 24.8 Å². The predicted octanol–water partition coefficient (Wildman–Crippen LogP) is 4.35. The quantitative estimate of drug-likeness (QED) is 0.623. The number of nitrogens with one attached hydrogen (secondary N) is 2. The number of nitrogens with zero attached hydrogens (tertiary/aromatic N) is 1. The summed E-state index contributed by atoms with van der Waals surface area (Å²) < 4.78 is 5.89. The summed E-state index contributed by atoms with van der Waals surface area (Å²) in [4.78, 5) is 15.6. The van der Waals surface area contributed by atoms with Crippen molar-refractivity contribution in [2.75, 3.05) is 18.5 Å². The third-order valence-corrected chi connectivity index (χ3v) is 4.04. The highest BCUT2D eigenvalue weighted by molar-refractivity contribution is 9.10. The molecule has 24 heavy (non-hydrogen) atoms. The van der Waals surface area contributed by atoms with E-state index in [0.717, 1.165) is 36.8 Å². The second-order valence-electron chi connectivity index (χ2n) is 5.34. The van der Waals surface area contributed by atoms with Gasteiger partial charge in [0.2, 0.25) is 0 Å². The maximum Gasteiger partial charge on any atom is 0.411 e. The van der Waals surface area contributed by atoms with Crippen molar-refractivity contribution in [2.45, 2.75) is 25.8 Å². The lowest BCUT2D eigenvalue weighted by Crippen LogP contribution is -2.16. The number of ether oxygens (including phenoxy) is 1. The molecule has 2 N–H and O–H groups in total. The fraction of sp³-hybridized carbons (Fsp3) is 0.333. The molecule has 0 fully saturated rings. The van der Waals surface area contributed by atoms with E-state index in [1.54, 1.807) is 18.5 Å². The van der Waals surface area contributed by atoms with Crippen molar-refractivity contribution in [3.8, 4) is 0 Å². The van der Waals surface area contributed by atoms with Gasteiger partial charge in [-0.15, -0.1) is 0 Å². The molecule has 0 saturated heterocycles. The van der Waals surface area contributed by atoms with Gasteiger partial charge in [0.05, 0.1) is 16.8 Å². The first kappa shape index (κ1) is 18.4. The highest BCUT2D eigenvalue weighted by Crippen LogP contribution is 2.19. The minimum atomic E-state index is -0.441. The molecule has 1 heterocycles. The molecule has 128 valence electrons. The third kappa shape index (κ3) is 7.10. The second-order valence-corrected chi connectivity index (χ2v) is 6.19. The van der Waals surface area contributed by atoms with Crippen LogP contribution in [0.4, 0.5) is 10.5 Å². The lowest BCUT2D eigenvalue weighted by molar-refractivity contribution is 0.159. The van der Waals surface area contributed by atoms with Crippen LogP contribution in [0, 0.1) is 0 Å². The van der Waals surface area contributed by atoms with E-state index in [2.05, 4.69) is 43.7 Å². The number of rotatable bonds is 9. The van der Waals surface area contributed by atoms with Crippen LogP contribution in [0.3, 0.4) is 0 Å². The molecule has 5 nitrogen and oxygen atoms in total. The van der Waals surface area contributed by atoms with Crippen molar-refractivity contribution in [1.29, 1.82) is 0 Å². The second kappa shape index (κ2) is 10.8. The molecule has 0 bridgehead atoms. The number of pyridine rings is 1. The van der Waals surface area contributed by atoms with Crippen molar-refractivity contribution in [3.63, 3.8) is 0 Å². The van der Waals surface area contributed by atoms with Crippen LogP contribution in [-0.4, -0.2) is 24.2 Å². The Kier molecular flexibility index (Phi) is 8.27. The molecule has 0 atom stereocenters. The maximum atomic E-state index is 11.7. The summed E-state index contributed by atoms with van der Waals surface area (Å²) in [6.07, 6.45) is 5.74. The van der Waals surface area contributed by atoms with E-state index in [1.165, 1.54) is 5.56 Å². The van der Waals surface area contributed by atoms with Gasteiger partial charge >= 0.3 is 6.09 Å². The normalized spacial score (nSPS) is 10.4. The minimum absolute atomic E-state index is 0.424. The van der Waals surface area contributed by atoms with Crippen LogP contribution in [-0.2, 0) is 11.3 Å². The van der Waals surface area contributed by atoms with Gasteiger partial charge in [0.1, 0.15) is 0 Å². The Morgan fingerprint density at radius 2 is 1.96 bits per heavy atom. The molecule has 0 unspecified atom stereocenters. The van der Waals surface area contributed by atoms with Crippen molar-refractivity contribution in [3.05, 3.63) is 58.8 Å². The largest absolute Gasteiger partial charge is 0.449 e. The molecule has 1 aromatic carbocycles. The average Bonchev–Trinajstić information content (AvgIpc) is 2.60. The summed E-state index contributed by atoms with van der Waals surface area (Å²) in [6, 6.07) is 12.0. The van der Waals surface area contributed by atoms with E-state index in [-0.39, 0.29) is 0 Å². The third-order valence-electron chi connectivity index (χ3n) is 3.41. The first-order chi connectivity index (χ1) is 11.8. The molecule has 0 aliphatic rings. The number of amides is 1. The van der Waals surface area contributed by atoms with Crippen LogP contribution in [0.2, 0.25) is 0 Å². The van der Waals surface area contributed by atoms with Gasteiger partial charge in [-0.25, -0.2) is 4.79 Å². The molecule has 1 amide bonds. The van der Waals surface area contributed by atoms with Crippen LogP contribution in [0.25, 0.3) is 0 Å². The summed E-state index contributed by atoms with van der Waals surface area (Å²) >= 11 is 3.32. The van der Waals surface area contributed by atoms with Gasteiger partial charge in [-0.1, -0.05) is 30.3 Å². The molecule has 6 heteroatoms. The molecular weight excluding hydrogens is 370 g/mol. The van der Waals surface area contributed by atoms with Crippen molar-refractivity contribution in [1.82, 2.24) is 10.3 Å². The number of unbranched alkanes of at least 4 members (excludes halogenated alkanes) is 2. The van der Waals surface area contributed by atoms with Crippen molar-refractivity contribution >= 4 is 27.7 Å². The maximum absolute atomic E-state index is 11.7. The highest BCUT2D eigenvalue weighted by atomic mass is 79.9. The smallest absolute Gasteiger partial charge is 0.411 e. The minimum Gasteiger partial charge on any atom is -0.449 e. The number of carbonyl (C=O) groups excluding carboxylic acids is 1. The van der Waals surface area contributed by atoms with E-state index >= 15 is 0 Å². The number of carbonyl (C=O) groups is 1. The highest BCUT2D eigenvalue weighted by Gasteiger charge is 2.05. The molecule has 0 saturated carbocycles. The number of anilines is 1. The summed E-state index contributed by atoms with van der Waals surface area (Å²) in [5, 5.41) is 6.09. The van der Waals surface area contributed by atoms with Gasteiger partial charge in [-0.05, 0) is 53.4 Å². The number of aromatic nitrogens is 1. The van der Waals surface area contributed by atoms with Crippen LogP contribution >= 0.6 is 15.9 Å². The van der Waals surface area contributed by atoms with Gasteiger partial charge in [-0.3, -0.25) is 10.3 Å². The molecular formula is C18H22BrN3O2. The molecule has 2 rings (SSSR count). The Bertz CT molecular complexity index is 623. The first-order valence-corrected chi connectivity index (χ1v) is 8.83. The van der Waals surface area contributed by atoms with Gasteiger partial charge in [0.25, 0.3) is 0 Å². The van der Waals surface area contributed by atoms with E-state index in [4.69, 9.17) is 4.74 Å². The Balaban J connectivity index is 1.48. The molecule has 0 aliphatic heterocycles. The van der Waals surface area contributed by atoms with Crippen molar-refractivity contribution in [2.24, 2.45) is 0 Å². The van der Waals surface area contributed by atoms with Crippen LogP contribution in [0.15, 0.2) is 53.3 Å². The standard InChI is InChI=1S/C18H22BrN3O2/c19-16-14-21-11-9-17(16)22-18(23)24-12-6-2-5-10-20-13-15-7-3-1-4-8-15/h1,3-4,7-9,11,14,20H,2,5-6,10,12-13H2,(H,21,22,23). The van der Waals surface area contributed by atoms with Gasteiger partial charge < -0.3 is 10.1 Å². The Hall–Kier alpha value is -1.92. The molecule has 2 aromatic rings. The van der Waals surface area contributed by atoms with Crippen LogP contribution < -0.4 is 10.6 Å². The van der Waals surface area contributed by atoms with Gasteiger partial charge in [0, 0.05) is 18.9 Å². The summed E-state index contributed by atoms with van der Waals surface area (Å²) in [5.74, 6) is 0. The number of hydrogen-bond donors (Lipinski definition) is 2. The monoisotopic (exact) mass is 391 g/mol.